The number of nitrogen functional groups attached to an aromatic ring is 3. The maximum atomic E-state index is 5.99. The highest BCUT2D eigenvalue weighted by atomic mass is 16.7. The van der Waals surface area contributed by atoms with Gasteiger partial charge in [0.15, 0.2) is 23.0 Å². The maximum Gasteiger partial charge on any atom is 0.251 e. The van der Waals surface area contributed by atoms with Gasteiger partial charge < -0.3 is 41.5 Å². The summed E-state index contributed by atoms with van der Waals surface area (Å²) in [6.07, 6.45) is 1.26. The lowest BCUT2D eigenvalue weighted by atomic mass is 10.1. The second-order valence-electron chi connectivity index (χ2n) is 8.76. The molecule has 0 spiro atoms. The molecule has 4 aromatic rings. The van der Waals surface area contributed by atoms with Crippen LogP contribution in [-0.2, 0) is 12.8 Å². The topological polar surface area (TPSA) is 220 Å². The standard InChI is InChI=1S/C24H26N12O4/c25-19-29-20(26)33-24(32-19)36(8-6-14-2-4-16-18(10-14)40-12-38-16)35-23-31-21(27)30-22(34-23)28-7-5-13-1-3-15-17(9-13)39-11-37-15/h1-4,9-10H,5-8,11-12H2,(H4,25,26,29,32,33)(H4,27,28,30,31,34,35). The molecule has 0 amide bonds. The summed E-state index contributed by atoms with van der Waals surface area (Å²) in [4.78, 5) is 25.1. The van der Waals surface area contributed by atoms with E-state index in [1.807, 2.05) is 36.4 Å². The van der Waals surface area contributed by atoms with Gasteiger partial charge >= 0.3 is 0 Å². The molecule has 40 heavy (non-hydrogen) atoms. The van der Waals surface area contributed by atoms with Gasteiger partial charge in [-0.15, -0.1) is 0 Å². The van der Waals surface area contributed by atoms with Crippen LogP contribution in [0.25, 0.3) is 0 Å². The van der Waals surface area contributed by atoms with Crippen LogP contribution in [0.15, 0.2) is 36.4 Å². The molecule has 0 bridgehead atoms. The molecule has 0 aliphatic carbocycles. The number of anilines is 6. The number of nitrogens with zero attached hydrogens (tertiary/aromatic N) is 7. The number of benzene rings is 2. The maximum absolute atomic E-state index is 5.99. The first-order valence-corrected chi connectivity index (χ1v) is 12.3. The predicted molar refractivity (Wildman–Crippen MR) is 145 cm³/mol. The van der Waals surface area contributed by atoms with E-state index in [1.54, 1.807) is 5.01 Å². The first-order chi connectivity index (χ1) is 19.5. The average Bonchev–Trinajstić information content (AvgIpc) is 3.59. The van der Waals surface area contributed by atoms with E-state index in [0.29, 0.717) is 43.4 Å². The summed E-state index contributed by atoms with van der Waals surface area (Å²) >= 11 is 0. The molecule has 16 heteroatoms. The molecule has 2 aliphatic rings. The van der Waals surface area contributed by atoms with Gasteiger partial charge in [0.2, 0.25) is 43.3 Å². The van der Waals surface area contributed by atoms with E-state index in [4.69, 9.17) is 36.1 Å². The second kappa shape index (κ2) is 10.7. The molecular formula is C24H26N12O4. The normalized spacial score (nSPS) is 12.8. The van der Waals surface area contributed by atoms with Crippen LogP contribution < -0.4 is 51.9 Å². The van der Waals surface area contributed by atoms with E-state index < -0.39 is 0 Å². The predicted octanol–water partition coefficient (Wildman–Crippen LogP) is 0.991. The van der Waals surface area contributed by atoms with E-state index in [-0.39, 0.29) is 43.3 Å². The molecule has 0 fully saturated rings. The summed E-state index contributed by atoms with van der Waals surface area (Å²) in [6.45, 7) is 1.34. The molecule has 0 radical (unpaired) electrons. The molecule has 2 aromatic heterocycles. The van der Waals surface area contributed by atoms with Crippen LogP contribution in [0.5, 0.6) is 23.0 Å². The van der Waals surface area contributed by atoms with Crippen molar-refractivity contribution >= 4 is 35.7 Å². The Kier molecular flexibility index (Phi) is 6.61. The van der Waals surface area contributed by atoms with Crippen molar-refractivity contribution in [2.24, 2.45) is 0 Å². The minimum Gasteiger partial charge on any atom is -0.454 e. The largest absolute Gasteiger partial charge is 0.454 e. The van der Waals surface area contributed by atoms with Gasteiger partial charge in [-0.25, -0.2) is 0 Å². The Morgan fingerprint density at radius 1 is 0.650 bits per heavy atom. The number of rotatable bonds is 10. The van der Waals surface area contributed by atoms with Crippen LogP contribution >= 0.6 is 0 Å². The summed E-state index contributed by atoms with van der Waals surface area (Å²) in [5, 5.41) is 4.78. The number of nitrogens with one attached hydrogen (secondary N) is 2. The zero-order valence-corrected chi connectivity index (χ0v) is 21.2. The number of hydrogen-bond acceptors (Lipinski definition) is 16. The second-order valence-corrected chi connectivity index (χ2v) is 8.76. The molecule has 16 nitrogen and oxygen atoms in total. The molecule has 0 saturated heterocycles. The highest BCUT2D eigenvalue weighted by Crippen LogP contribution is 2.33. The van der Waals surface area contributed by atoms with Crippen molar-refractivity contribution in [3.8, 4) is 23.0 Å². The summed E-state index contributed by atoms with van der Waals surface area (Å²) in [6, 6.07) is 11.5. The summed E-state index contributed by atoms with van der Waals surface area (Å²) in [5.74, 6) is 3.47. The molecule has 0 atom stereocenters. The number of fused-ring (bicyclic) bond motifs is 2. The molecule has 206 valence electrons. The van der Waals surface area contributed by atoms with Crippen molar-refractivity contribution in [3.05, 3.63) is 47.5 Å². The molecule has 0 saturated carbocycles. The van der Waals surface area contributed by atoms with Gasteiger partial charge in [-0.1, -0.05) is 12.1 Å². The quantitative estimate of drug-likeness (QED) is 0.175. The van der Waals surface area contributed by atoms with E-state index in [0.717, 1.165) is 22.6 Å². The van der Waals surface area contributed by atoms with Crippen LogP contribution in [-0.4, -0.2) is 56.6 Å². The smallest absolute Gasteiger partial charge is 0.251 e. The molecule has 8 N–H and O–H groups in total. The van der Waals surface area contributed by atoms with Gasteiger partial charge in [0.05, 0.1) is 0 Å². The number of hydrazine groups is 1. The average molecular weight is 547 g/mol. The van der Waals surface area contributed by atoms with E-state index in [9.17, 15) is 0 Å². The third-order valence-electron chi connectivity index (χ3n) is 5.98. The van der Waals surface area contributed by atoms with Crippen molar-refractivity contribution in [3.63, 3.8) is 0 Å². The first-order valence-electron chi connectivity index (χ1n) is 12.3. The van der Waals surface area contributed by atoms with Gasteiger partial charge in [0.25, 0.3) is 5.95 Å². The molecular weight excluding hydrogens is 520 g/mol. The van der Waals surface area contributed by atoms with Gasteiger partial charge in [-0.2, -0.15) is 29.9 Å². The monoisotopic (exact) mass is 546 g/mol. The fourth-order valence-electron chi connectivity index (χ4n) is 4.12. The number of nitrogens with two attached hydrogens (primary N) is 3. The summed E-state index contributed by atoms with van der Waals surface area (Å²) in [7, 11) is 0. The zero-order valence-electron chi connectivity index (χ0n) is 21.2. The molecule has 2 aromatic carbocycles. The number of ether oxygens (including phenoxy) is 4. The third kappa shape index (κ3) is 5.64. The minimum absolute atomic E-state index is 0.0217. The highest BCUT2D eigenvalue weighted by Gasteiger charge is 2.18. The lowest BCUT2D eigenvalue weighted by Crippen LogP contribution is -2.35. The minimum atomic E-state index is -0.0292. The Bertz CT molecular complexity index is 1520. The van der Waals surface area contributed by atoms with Crippen LogP contribution in [0, 0.1) is 0 Å². The lowest BCUT2D eigenvalue weighted by Gasteiger charge is -2.23. The van der Waals surface area contributed by atoms with Crippen LogP contribution in [0.4, 0.5) is 35.7 Å². The molecule has 6 rings (SSSR count). The lowest BCUT2D eigenvalue weighted by molar-refractivity contribution is 0.173. The fraction of sp³-hybridized carbons (Fsp3) is 0.250. The van der Waals surface area contributed by atoms with E-state index in [2.05, 4.69) is 40.6 Å². The van der Waals surface area contributed by atoms with Gasteiger partial charge in [-0.05, 0) is 48.2 Å². The van der Waals surface area contributed by atoms with Crippen molar-refractivity contribution in [2.45, 2.75) is 12.8 Å². The van der Waals surface area contributed by atoms with Crippen molar-refractivity contribution in [1.82, 2.24) is 29.9 Å². The van der Waals surface area contributed by atoms with Crippen LogP contribution in [0.2, 0.25) is 0 Å². The van der Waals surface area contributed by atoms with Gasteiger partial charge in [0.1, 0.15) is 0 Å². The summed E-state index contributed by atoms with van der Waals surface area (Å²) in [5.41, 5.74) is 22.8. The Balaban J connectivity index is 1.16. The Hall–Kier alpha value is -5.54. The third-order valence-corrected chi connectivity index (χ3v) is 5.98. The zero-order chi connectivity index (χ0) is 27.5. The van der Waals surface area contributed by atoms with Gasteiger partial charge in [0, 0.05) is 13.1 Å². The molecule has 2 aliphatic heterocycles. The van der Waals surface area contributed by atoms with E-state index in [1.165, 1.54) is 0 Å². The Morgan fingerprint density at radius 3 is 1.90 bits per heavy atom. The Labute approximate surface area is 227 Å². The number of aromatic nitrogens is 6. The van der Waals surface area contributed by atoms with Crippen LogP contribution in [0.3, 0.4) is 0 Å². The Morgan fingerprint density at radius 2 is 1.23 bits per heavy atom. The van der Waals surface area contributed by atoms with Crippen molar-refractivity contribution in [2.75, 3.05) is 59.6 Å². The highest BCUT2D eigenvalue weighted by molar-refractivity contribution is 5.49. The molecule has 4 heterocycles. The number of hydrogen-bond donors (Lipinski definition) is 5. The SMILES string of the molecule is Nc1nc(NCCc2ccc3c(c2)OCO3)nc(NN(CCc2ccc3c(c2)OCO3)c2nc(N)nc(N)n2)n1. The summed E-state index contributed by atoms with van der Waals surface area (Å²) < 4.78 is 21.7. The van der Waals surface area contributed by atoms with Crippen molar-refractivity contribution < 1.29 is 18.9 Å². The van der Waals surface area contributed by atoms with Crippen LogP contribution in [0.1, 0.15) is 11.1 Å². The van der Waals surface area contributed by atoms with E-state index >= 15 is 0 Å². The first kappa shape index (κ1) is 24.8. The fourth-order valence-corrected chi connectivity index (χ4v) is 4.12. The molecule has 0 unspecified atom stereocenters. The van der Waals surface area contributed by atoms with Gasteiger partial charge in [-0.3, -0.25) is 10.4 Å². The van der Waals surface area contributed by atoms with Crippen molar-refractivity contribution in [1.29, 1.82) is 0 Å².